The molecule has 3 nitrogen and oxygen atoms in total. The zero-order valence-corrected chi connectivity index (χ0v) is 8.03. The van der Waals surface area contributed by atoms with Crippen LogP contribution in [0.2, 0.25) is 0 Å². The Balaban J connectivity index is 2.44. The van der Waals surface area contributed by atoms with Gasteiger partial charge in [0.15, 0.2) is 5.76 Å². The van der Waals surface area contributed by atoms with Crippen molar-refractivity contribution in [2.75, 3.05) is 0 Å². The molecule has 0 amide bonds. The third-order valence-corrected chi connectivity index (χ3v) is 2.17. The minimum absolute atomic E-state index is 0.126. The van der Waals surface area contributed by atoms with Crippen molar-refractivity contribution < 1.29 is 13.6 Å². The van der Waals surface area contributed by atoms with Crippen LogP contribution in [0, 0.1) is 13.8 Å². The fraction of sp³-hybridized carbons (Fsp3) is 0.182. The summed E-state index contributed by atoms with van der Waals surface area (Å²) in [7, 11) is 0. The molecule has 0 aliphatic rings. The lowest BCUT2D eigenvalue weighted by atomic mass is 10.1. The van der Waals surface area contributed by atoms with Gasteiger partial charge in [-0.1, -0.05) is 0 Å². The highest BCUT2D eigenvalue weighted by Crippen LogP contribution is 2.18. The van der Waals surface area contributed by atoms with E-state index in [1.807, 2.05) is 13.8 Å². The van der Waals surface area contributed by atoms with Crippen molar-refractivity contribution in [2.45, 2.75) is 13.8 Å². The third-order valence-electron chi connectivity index (χ3n) is 2.17. The van der Waals surface area contributed by atoms with E-state index in [2.05, 4.69) is 0 Å². The van der Waals surface area contributed by atoms with Gasteiger partial charge in [-0.05, 0) is 31.0 Å². The second-order valence-electron chi connectivity index (χ2n) is 3.23. The fourth-order valence-corrected chi connectivity index (χ4v) is 1.32. The molecule has 2 heterocycles. The molecule has 0 atom stereocenters. The van der Waals surface area contributed by atoms with Gasteiger partial charge in [-0.2, -0.15) is 0 Å². The standard InChI is InChI=1S/C11H10O3/c1-7-3-4-14-11(7)10(12)9-6-13-5-8(9)2/h3-6H,1-2H3. The van der Waals surface area contributed by atoms with Gasteiger partial charge >= 0.3 is 0 Å². The Hall–Kier alpha value is -1.77. The zero-order chi connectivity index (χ0) is 10.1. The Labute approximate surface area is 81.3 Å². The molecule has 2 aromatic rings. The highest BCUT2D eigenvalue weighted by molar-refractivity contribution is 6.08. The zero-order valence-electron chi connectivity index (χ0n) is 8.03. The minimum atomic E-state index is -0.126. The van der Waals surface area contributed by atoms with E-state index in [9.17, 15) is 4.79 Å². The predicted octanol–water partition coefficient (Wildman–Crippen LogP) is 2.72. The molecule has 3 heteroatoms. The summed E-state index contributed by atoms with van der Waals surface area (Å²) in [4.78, 5) is 11.9. The van der Waals surface area contributed by atoms with Gasteiger partial charge in [0.25, 0.3) is 0 Å². The molecule has 0 aliphatic carbocycles. The van der Waals surface area contributed by atoms with Crippen LogP contribution in [-0.2, 0) is 0 Å². The summed E-state index contributed by atoms with van der Waals surface area (Å²) in [5, 5.41) is 0. The molecule has 0 bridgehead atoms. The molecule has 0 radical (unpaired) electrons. The number of hydrogen-bond acceptors (Lipinski definition) is 3. The number of carbonyl (C=O) groups excluding carboxylic acids is 1. The molecule has 0 saturated carbocycles. The molecule has 2 rings (SSSR count). The van der Waals surface area contributed by atoms with Crippen LogP contribution < -0.4 is 0 Å². The van der Waals surface area contributed by atoms with E-state index in [1.165, 1.54) is 12.5 Å². The first-order chi connectivity index (χ1) is 6.70. The maximum atomic E-state index is 11.9. The number of ketones is 1. The molecule has 0 spiro atoms. The van der Waals surface area contributed by atoms with Gasteiger partial charge in [-0.25, -0.2) is 0 Å². The number of carbonyl (C=O) groups is 1. The van der Waals surface area contributed by atoms with Crippen LogP contribution in [0.1, 0.15) is 27.2 Å². The second-order valence-corrected chi connectivity index (χ2v) is 3.23. The SMILES string of the molecule is Cc1cocc1C(=O)c1occc1C. The third kappa shape index (κ3) is 1.27. The molecule has 14 heavy (non-hydrogen) atoms. The summed E-state index contributed by atoms with van der Waals surface area (Å²) in [6, 6.07) is 1.77. The lowest BCUT2D eigenvalue weighted by Crippen LogP contribution is -2.01. The normalized spacial score (nSPS) is 10.4. The smallest absolute Gasteiger partial charge is 0.231 e. The molecule has 72 valence electrons. The van der Waals surface area contributed by atoms with Gasteiger partial charge in [-0.15, -0.1) is 0 Å². The Bertz CT molecular complexity index is 420. The average Bonchev–Trinajstić information content (AvgIpc) is 2.73. The molecular weight excluding hydrogens is 180 g/mol. The van der Waals surface area contributed by atoms with E-state index in [4.69, 9.17) is 8.83 Å². The number of hydrogen-bond donors (Lipinski definition) is 0. The van der Waals surface area contributed by atoms with Gasteiger partial charge in [0.05, 0.1) is 18.1 Å². The molecule has 2 aromatic heterocycles. The summed E-state index contributed by atoms with van der Waals surface area (Å²) >= 11 is 0. The molecule has 0 aliphatic heterocycles. The van der Waals surface area contributed by atoms with Crippen LogP contribution in [0.15, 0.2) is 33.7 Å². The lowest BCUT2D eigenvalue weighted by Gasteiger charge is -1.95. The van der Waals surface area contributed by atoms with E-state index in [0.717, 1.165) is 11.1 Å². The molecule has 0 saturated heterocycles. The number of rotatable bonds is 2. The van der Waals surface area contributed by atoms with E-state index in [0.29, 0.717) is 11.3 Å². The molecule has 0 aromatic carbocycles. The van der Waals surface area contributed by atoms with Crippen LogP contribution in [0.3, 0.4) is 0 Å². The Morgan fingerprint density at radius 3 is 2.50 bits per heavy atom. The number of furan rings is 2. The second kappa shape index (κ2) is 3.18. The first-order valence-electron chi connectivity index (χ1n) is 4.31. The molecular formula is C11H10O3. The van der Waals surface area contributed by atoms with Crippen LogP contribution in [0.5, 0.6) is 0 Å². The van der Waals surface area contributed by atoms with Crippen LogP contribution in [0.25, 0.3) is 0 Å². The predicted molar refractivity (Wildman–Crippen MR) is 50.3 cm³/mol. The fourth-order valence-electron chi connectivity index (χ4n) is 1.32. The van der Waals surface area contributed by atoms with Crippen molar-refractivity contribution in [1.29, 1.82) is 0 Å². The van der Waals surface area contributed by atoms with E-state index in [-0.39, 0.29) is 5.78 Å². The van der Waals surface area contributed by atoms with Crippen molar-refractivity contribution in [2.24, 2.45) is 0 Å². The quantitative estimate of drug-likeness (QED) is 0.684. The molecule has 0 fully saturated rings. The summed E-state index contributed by atoms with van der Waals surface area (Å²) < 4.78 is 10.1. The Morgan fingerprint density at radius 1 is 1.21 bits per heavy atom. The highest BCUT2D eigenvalue weighted by atomic mass is 16.3. The van der Waals surface area contributed by atoms with Crippen molar-refractivity contribution >= 4 is 5.78 Å². The molecule has 0 N–H and O–H groups in total. The van der Waals surface area contributed by atoms with Crippen LogP contribution in [0.4, 0.5) is 0 Å². The van der Waals surface area contributed by atoms with Gasteiger partial charge in [0.2, 0.25) is 5.78 Å². The lowest BCUT2D eigenvalue weighted by molar-refractivity contribution is 0.101. The van der Waals surface area contributed by atoms with Gasteiger partial charge in [0, 0.05) is 0 Å². The van der Waals surface area contributed by atoms with E-state index < -0.39 is 0 Å². The van der Waals surface area contributed by atoms with Gasteiger partial charge < -0.3 is 8.83 Å². The summed E-state index contributed by atoms with van der Waals surface area (Å²) in [6.07, 6.45) is 4.50. The average molecular weight is 190 g/mol. The Morgan fingerprint density at radius 2 is 2.00 bits per heavy atom. The first-order valence-corrected chi connectivity index (χ1v) is 4.31. The first kappa shape index (κ1) is 8.81. The summed E-state index contributed by atoms with van der Waals surface area (Å²) in [5.41, 5.74) is 2.23. The van der Waals surface area contributed by atoms with Crippen LogP contribution in [-0.4, -0.2) is 5.78 Å². The Kier molecular flexibility index (Phi) is 2.00. The van der Waals surface area contributed by atoms with Gasteiger partial charge in [-0.3, -0.25) is 4.79 Å². The van der Waals surface area contributed by atoms with Crippen LogP contribution >= 0.6 is 0 Å². The van der Waals surface area contributed by atoms with Crippen molar-refractivity contribution in [3.05, 3.63) is 47.3 Å². The largest absolute Gasteiger partial charge is 0.472 e. The highest BCUT2D eigenvalue weighted by Gasteiger charge is 2.18. The van der Waals surface area contributed by atoms with Crippen molar-refractivity contribution in [3.8, 4) is 0 Å². The van der Waals surface area contributed by atoms with E-state index in [1.54, 1.807) is 12.3 Å². The van der Waals surface area contributed by atoms with Gasteiger partial charge in [0.1, 0.15) is 6.26 Å². The van der Waals surface area contributed by atoms with E-state index >= 15 is 0 Å². The summed E-state index contributed by atoms with van der Waals surface area (Å²) in [6.45, 7) is 3.67. The maximum Gasteiger partial charge on any atom is 0.231 e. The molecule has 0 unspecified atom stereocenters. The monoisotopic (exact) mass is 190 g/mol. The maximum absolute atomic E-state index is 11.9. The van der Waals surface area contributed by atoms with Crippen molar-refractivity contribution in [1.82, 2.24) is 0 Å². The summed E-state index contributed by atoms with van der Waals surface area (Å²) in [5.74, 6) is 0.258. The topological polar surface area (TPSA) is 43.4 Å². The van der Waals surface area contributed by atoms with Crippen molar-refractivity contribution in [3.63, 3.8) is 0 Å². The minimum Gasteiger partial charge on any atom is -0.472 e. The number of aryl methyl sites for hydroxylation is 2.